The molecule has 2 N–H and O–H groups in total. The van der Waals surface area contributed by atoms with Gasteiger partial charge in [-0.2, -0.15) is 0 Å². The molecule has 0 aromatic heterocycles. The molecular formula is C35H42N6O5. The molecule has 6 rings (SSSR count). The second-order valence-corrected chi connectivity index (χ2v) is 11.5. The number of anilines is 1. The van der Waals surface area contributed by atoms with E-state index in [9.17, 15) is 19.5 Å². The maximum Gasteiger partial charge on any atom is 0.334 e. The Morgan fingerprint density at radius 2 is 1.80 bits per heavy atom. The number of rotatable bonds is 8. The van der Waals surface area contributed by atoms with E-state index in [0.717, 1.165) is 34.7 Å². The van der Waals surface area contributed by atoms with Gasteiger partial charge in [-0.05, 0) is 34.9 Å². The van der Waals surface area contributed by atoms with Crippen LogP contribution in [-0.4, -0.2) is 94.8 Å². The number of nitrogens with zero attached hydrogens (tertiary/aromatic N) is 5. The minimum Gasteiger partial charge on any atom is -0.508 e. The molecule has 0 bridgehead atoms. The first-order chi connectivity index (χ1) is 21.8. The van der Waals surface area contributed by atoms with Crippen molar-refractivity contribution in [1.82, 2.24) is 25.1 Å². The third-order valence-corrected chi connectivity index (χ3v) is 8.54. The van der Waals surface area contributed by atoms with E-state index in [4.69, 9.17) is 4.74 Å². The molecule has 11 nitrogen and oxygen atoms in total. The van der Waals surface area contributed by atoms with Crippen LogP contribution < -0.4 is 15.0 Å². The number of benzene rings is 3. The number of phenolic OH excluding ortho intramolecular Hbond substituents is 1. The number of hydrogen-bond donors (Lipinski definition) is 2. The van der Waals surface area contributed by atoms with Gasteiger partial charge in [0.15, 0.2) is 0 Å². The highest BCUT2D eigenvalue weighted by Gasteiger charge is 2.51. The third kappa shape index (κ3) is 6.50. The van der Waals surface area contributed by atoms with Crippen molar-refractivity contribution in [2.45, 2.75) is 39.1 Å². The highest BCUT2D eigenvalue weighted by molar-refractivity contribution is 5.92. The van der Waals surface area contributed by atoms with Gasteiger partial charge in [0.2, 0.25) is 11.8 Å². The van der Waals surface area contributed by atoms with Gasteiger partial charge >= 0.3 is 6.03 Å². The van der Waals surface area contributed by atoms with Gasteiger partial charge in [0.25, 0.3) is 0 Å². The zero-order chi connectivity index (χ0) is 31.5. The lowest BCUT2D eigenvalue weighted by Gasteiger charge is -2.55. The van der Waals surface area contributed by atoms with E-state index in [1.165, 1.54) is 0 Å². The third-order valence-electron chi connectivity index (χ3n) is 8.54. The Morgan fingerprint density at radius 3 is 2.54 bits per heavy atom. The second-order valence-electron chi connectivity index (χ2n) is 11.5. The van der Waals surface area contributed by atoms with Crippen LogP contribution in [0.4, 0.5) is 10.5 Å². The molecule has 11 heteroatoms. The zero-order valence-electron chi connectivity index (χ0n) is 25.3. The first kappa shape index (κ1) is 32.4. The first-order valence-electron chi connectivity index (χ1n) is 15.1. The van der Waals surface area contributed by atoms with Gasteiger partial charge in [-0.25, -0.2) is 14.8 Å². The van der Waals surface area contributed by atoms with E-state index in [2.05, 4.69) is 16.8 Å². The number of hydrogen-bond acceptors (Lipinski definition) is 7. The molecule has 3 aliphatic rings. The zero-order valence-corrected chi connectivity index (χ0v) is 25.3. The van der Waals surface area contributed by atoms with E-state index >= 15 is 0 Å². The molecule has 46 heavy (non-hydrogen) atoms. The van der Waals surface area contributed by atoms with Crippen molar-refractivity contribution >= 4 is 23.5 Å². The molecule has 0 radical (unpaired) electrons. The van der Waals surface area contributed by atoms with E-state index in [-0.39, 0.29) is 63.6 Å². The molecule has 242 valence electrons. The van der Waals surface area contributed by atoms with Crippen LogP contribution in [0.2, 0.25) is 0 Å². The molecule has 3 heterocycles. The van der Waals surface area contributed by atoms with Crippen LogP contribution in [0.5, 0.6) is 11.5 Å². The molecule has 2 atom stereocenters. The normalized spacial score (nSPS) is 19.5. The fourth-order valence-electron chi connectivity index (χ4n) is 6.41. The van der Waals surface area contributed by atoms with Crippen molar-refractivity contribution in [1.29, 1.82) is 0 Å². The van der Waals surface area contributed by atoms with Crippen LogP contribution in [0.15, 0.2) is 85.5 Å². The summed E-state index contributed by atoms with van der Waals surface area (Å²) in [7, 11) is 2.00. The Morgan fingerprint density at radius 1 is 1.04 bits per heavy atom. The number of carbonyl (C=O) groups is 3. The fraction of sp³-hybridized carbons (Fsp3) is 0.343. The Labute approximate surface area is 270 Å². The number of aromatic hydroxyl groups is 1. The quantitative estimate of drug-likeness (QED) is 0.368. The predicted molar refractivity (Wildman–Crippen MR) is 176 cm³/mol. The average Bonchev–Trinajstić information content (AvgIpc) is 3.03. The summed E-state index contributed by atoms with van der Waals surface area (Å²) in [6.07, 6.45) is 1.14. The number of piperazine rings is 1. The lowest BCUT2D eigenvalue weighted by atomic mass is 9.98. The summed E-state index contributed by atoms with van der Waals surface area (Å²) >= 11 is 0. The summed E-state index contributed by atoms with van der Waals surface area (Å²) < 4.78 is 5.92. The highest BCUT2D eigenvalue weighted by Crippen LogP contribution is 2.36. The number of urea groups is 1. The van der Waals surface area contributed by atoms with Gasteiger partial charge in [-0.15, -0.1) is 6.58 Å². The van der Waals surface area contributed by atoms with Crippen LogP contribution in [0.3, 0.4) is 0 Å². The van der Waals surface area contributed by atoms with E-state index in [1.807, 2.05) is 55.6 Å². The number of phenols is 1. The predicted octanol–water partition coefficient (Wildman–Crippen LogP) is 3.59. The summed E-state index contributed by atoms with van der Waals surface area (Å²) in [6.45, 7) is 6.06. The van der Waals surface area contributed by atoms with Crippen LogP contribution in [0, 0.1) is 0 Å². The first-order valence-corrected chi connectivity index (χ1v) is 15.1. The summed E-state index contributed by atoms with van der Waals surface area (Å²) in [5.74, 6) is 0.436. The number of nitrogens with one attached hydrogen (secondary N) is 1. The van der Waals surface area contributed by atoms with Crippen molar-refractivity contribution in [2.75, 3.05) is 44.7 Å². The summed E-state index contributed by atoms with van der Waals surface area (Å²) in [5.41, 5.74) is 3.58. The maximum absolute atomic E-state index is 14.3. The molecule has 3 aromatic carbocycles. The number of carbonyl (C=O) groups excluding carboxylic acids is 3. The Kier molecular flexibility index (Phi) is 9.81. The fourth-order valence-corrected chi connectivity index (χ4v) is 6.41. The van der Waals surface area contributed by atoms with Gasteiger partial charge in [0, 0.05) is 33.1 Å². The smallest absolute Gasteiger partial charge is 0.334 e. The number of hydrazine groups is 1. The van der Waals surface area contributed by atoms with Crippen molar-refractivity contribution in [3.63, 3.8) is 0 Å². The lowest BCUT2D eigenvalue weighted by molar-refractivity contribution is -0.189. The largest absolute Gasteiger partial charge is 0.508 e. The van der Waals surface area contributed by atoms with Gasteiger partial charge in [-0.1, -0.05) is 68.1 Å². The van der Waals surface area contributed by atoms with Crippen LogP contribution in [0.1, 0.15) is 24.1 Å². The summed E-state index contributed by atoms with van der Waals surface area (Å²) in [4.78, 5) is 47.5. The standard InChI is InChI=1S/C34H38N6O5.CH4/c1-3-16-38-23-31(42)39-28(19-24-12-14-27(41)15-13-24)33(43)37(21-26-10-7-11-29-32(26)36(2)17-18-45-29)22-30(39)40(38)34(44)35-20-25-8-5-4-6-9-25;/h3-15,28,30,41H,1,16-23H2,2H3,(H,35,44);1H4/t28-,30-;/m0./s1. The Balaban J connectivity index is 0.00000417. The van der Waals surface area contributed by atoms with Gasteiger partial charge < -0.3 is 29.9 Å². The van der Waals surface area contributed by atoms with Crippen LogP contribution >= 0.6 is 0 Å². The topological polar surface area (TPSA) is 109 Å². The summed E-state index contributed by atoms with van der Waals surface area (Å²) in [6, 6.07) is 20.8. The number of ether oxygens (including phenoxy) is 1. The van der Waals surface area contributed by atoms with Gasteiger partial charge in [0.1, 0.15) is 30.3 Å². The Hall–Kier alpha value is -5.03. The highest BCUT2D eigenvalue weighted by atomic mass is 16.5. The minimum absolute atomic E-state index is 0. The number of amides is 4. The van der Waals surface area contributed by atoms with Crippen LogP contribution in [0.25, 0.3) is 0 Å². The van der Waals surface area contributed by atoms with Gasteiger partial charge in [-0.3, -0.25) is 9.59 Å². The van der Waals surface area contributed by atoms with Crippen molar-refractivity contribution in [2.24, 2.45) is 0 Å². The summed E-state index contributed by atoms with van der Waals surface area (Å²) in [5, 5.41) is 16.1. The molecule has 0 spiro atoms. The van der Waals surface area contributed by atoms with Gasteiger partial charge in [0.05, 0.1) is 25.3 Å². The van der Waals surface area contributed by atoms with Crippen molar-refractivity contribution < 1.29 is 24.2 Å². The number of likely N-dealkylation sites (N-methyl/N-ethyl adjacent to an activating group) is 1. The molecule has 0 unspecified atom stereocenters. The SMILES string of the molecule is C.C=CCN1CC(=O)N2[C@@H](Cc3ccc(O)cc3)C(=O)N(Cc3cccc4c3N(C)CCO4)C[C@@H]2N1C(=O)NCc1ccccc1. The molecule has 0 saturated carbocycles. The lowest BCUT2D eigenvalue weighted by Crippen LogP contribution is -2.76. The van der Waals surface area contributed by atoms with Crippen LogP contribution in [-0.2, 0) is 29.1 Å². The molecular weight excluding hydrogens is 584 g/mol. The average molecular weight is 627 g/mol. The molecule has 2 fully saturated rings. The minimum atomic E-state index is -0.857. The van der Waals surface area contributed by atoms with E-state index < -0.39 is 12.2 Å². The number of fused-ring (bicyclic) bond motifs is 2. The maximum atomic E-state index is 14.3. The molecule has 3 aliphatic heterocycles. The second kappa shape index (κ2) is 13.9. The molecule has 3 aromatic rings. The monoisotopic (exact) mass is 626 g/mol. The molecule has 0 aliphatic carbocycles. The number of para-hydroxylation sites is 1. The van der Waals surface area contributed by atoms with E-state index in [0.29, 0.717) is 13.2 Å². The van der Waals surface area contributed by atoms with Crippen molar-refractivity contribution in [3.8, 4) is 11.5 Å². The van der Waals surface area contributed by atoms with Crippen molar-refractivity contribution in [3.05, 3.63) is 102 Å². The Bertz CT molecular complexity index is 1570. The van der Waals surface area contributed by atoms with E-state index in [1.54, 1.807) is 50.2 Å². The molecule has 2 saturated heterocycles. The molecule has 4 amide bonds.